The summed E-state index contributed by atoms with van der Waals surface area (Å²) in [5, 5.41) is 0. The van der Waals surface area contributed by atoms with E-state index in [9.17, 15) is 0 Å². The first-order chi connectivity index (χ1) is 0. The van der Waals surface area contributed by atoms with Gasteiger partial charge >= 0.3 is 21.1 Å². The molecule has 0 saturated carbocycles. The standard InChI is InChI=1S/H2O.2O.Pt/h1H2;;;/q;2*-2;+4. The van der Waals surface area contributed by atoms with Gasteiger partial charge in [-0.2, -0.15) is 0 Å². The van der Waals surface area contributed by atoms with Gasteiger partial charge in [0.1, 0.15) is 0 Å². The van der Waals surface area contributed by atoms with Crippen LogP contribution in [0, 0.1) is 0 Å². The van der Waals surface area contributed by atoms with Crippen molar-refractivity contribution in [2.45, 2.75) is 0 Å². The molecule has 0 aromatic rings. The van der Waals surface area contributed by atoms with Crippen LogP contribution in [0.4, 0.5) is 0 Å². The molecule has 0 fully saturated rings. The first kappa shape index (κ1) is 180. The van der Waals surface area contributed by atoms with E-state index in [1.807, 2.05) is 0 Å². The van der Waals surface area contributed by atoms with Crippen molar-refractivity contribution in [3.05, 3.63) is 0 Å². The average Bonchev–Trinajstić information content (AvgIpc) is 0. The Labute approximate surface area is 38.2 Å². The van der Waals surface area contributed by atoms with Crippen molar-refractivity contribution in [3.8, 4) is 0 Å². The van der Waals surface area contributed by atoms with Gasteiger partial charge in [0.15, 0.2) is 0 Å². The summed E-state index contributed by atoms with van der Waals surface area (Å²) in [6.45, 7) is 0. The fourth-order valence-electron chi connectivity index (χ4n) is 0. The van der Waals surface area contributed by atoms with Gasteiger partial charge in [0, 0.05) is 0 Å². The van der Waals surface area contributed by atoms with Crippen molar-refractivity contribution < 1.29 is 37.5 Å². The van der Waals surface area contributed by atoms with E-state index in [-0.39, 0.29) is 37.5 Å². The van der Waals surface area contributed by atoms with Crippen molar-refractivity contribution in [3.63, 3.8) is 0 Å². The third-order valence-corrected chi connectivity index (χ3v) is 0. The molecule has 2 N–H and O–H groups in total. The van der Waals surface area contributed by atoms with Crippen molar-refractivity contribution in [2.75, 3.05) is 0 Å². The predicted octanol–water partition coefficient (Wildman–Crippen LogP) is -1.06. The first-order valence-corrected chi connectivity index (χ1v) is 0. The Balaban J connectivity index is 0. The zero-order valence-electron chi connectivity index (χ0n) is 1.63. The summed E-state index contributed by atoms with van der Waals surface area (Å²) in [7, 11) is 0. The van der Waals surface area contributed by atoms with Crippen LogP contribution in [-0.2, 0) is 32.0 Å². The van der Waals surface area contributed by atoms with Gasteiger partial charge in [0.25, 0.3) is 0 Å². The van der Waals surface area contributed by atoms with E-state index >= 15 is 0 Å². The molecule has 4 heavy (non-hydrogen) atoms. The molecule has 0 aliphatic rings. The zero-order valence-corrected chi connectivity index (χ0v) is 3.90. The van der Waals surface area contributed by atoms with Gasteiger partial charge < -0.3 is 16.4 Å². The van der Waals surface area contributed by atoms with E-state index in [2.05, 4.69) is 0 Å². The van der Waals surface area contributed by atoms with Gasteiger partial charge in [-0.25, -0.2) is 0 Å². The molecular weight excluding hydrogens is 243 g/mol. The molecule has 0 aliphatic heterocycles. The minimum absolute atomic E-state index is 0. The van der Waals surface area contributed by atoms with Crippen molar-refractivity contribution in [1.82, 2.24) is 0 Å². The maximum atomic E-state index is 0. The summed E-state index contributed by atoms with van der Waals surface area (Å²) in [4.78, 5) is 0. The molecule has 0 unspecified atom stereocenters. The second-order valence-corrected chi connectivity index (χ2v) is 0. The van der Waals surface area contributed by atoms with Gasteiger partial charge in [-0.05, 0) is 0 Å². The summed E-state index contributed by atoms with van der Waals surface area (Å²) >= 11 is 0. The molecule has 3 nitrogen and oxygen atoms in total. The fourth-order valence-corrected chi connectivity index (χ4v) is 0. The van der Waals surface area contributed by atoms with Crippen LogP contribution in [-0.4, -0.2) is 5.48 Å². The van der Waals surface area contributed by atoms with Crippen LogP contribution in [0.15, 0.2) is 0 Å². The second kappa shape index (κ2) is 72.9. The van der Waals surface area contributed by atoms with Crippen LogP contribution in [0.5, 0.6) is 0 Å². The molecule has 0 atom stereocenters. The van der Waals surface area contributed by atoms with E-state index in [4.69, 9.17) is 0 Å². The monoisotopic (exact) mass is 245 g/mol. The van der Waals surface area contributed by atoms with E-state index < -0.39 is 0 Å². The molecule has 0 rings (SSSR count). The molecule has 0 aliphatic carbocycles. The Morgan fingerprint density at radius 2 is 0.750 bits per heavy atom. The summed E-state index contributed by atoms with van der Waals surface area (Å²) in [6, 6.07) is 0. The van der Waals surface area contributed by atoms with Crippen LogP contribution < -0.4 is 0 Å². The smallest absolute Gasteiger partial charge is 2.00 e. The fraction of sp³-hybridized carbons (Fsp3) is 0. The molecule has 0 spiro atoms. The first-order valence-electron chi connectivity index (χ1n) is 0. The van der Waals surface area contributed by atoms with Crippen molar-refractivity contribution in [2.24, 2.45) is 0 Å². The summed E-state index contributed by atoms with van der Waals surface area (Å²) in [5.41, 5.74) is 0. The quantitative estimate of drug-likeness (QED) is 0.520. The summed E-state index contributed by atoms with van der Waals surface area (Å²) in [5.74, 6) is 0. The Hall–Kier alpha value is 0.568. The van der Waals surface area contributed by atoms with Crippen LogP contribution in [0.1, 0.15) is 0 Å². The molecule has 0 radical (unpaired) electrons. The molecule has 0 amide bonds. The third kappa shape index (κ3) is 19.6. The van der Waals surface area contributed by atoms with Crippen molar-refractivity contribution >= 4 is 0 Å². The van der Waals surface area contributed by atoms with Gasteiger partial charge in [-0.1, -0.05) is 0 Å². The molecule has 4 heteroatoms. The number of hydrogen-bond donors (Lipinski definition) is 0. The van der Waals surface area contributed by atoms with E-state index in [0.29, 0.717) is 0 Å². The maximum Gasteiger partial charge on any atom is 4.00 e. The Kier molecular flexibility index (Phi) is 3280. The Bertz CT molecular complexity index is 3.25. The summed E-state index contributed by atoms with van der Waals surface area (Å²) < 4.78 is 0. The van der Waals surface area contributed by atoms with Gasteiger partial charge in [-0.15, -0.1) is 0 Å². The largest absolute Gasteiger partial charge is 4.00 e. The van der Waals surface area contributed by atoms with Gasteiger partial charge in [0.2, 0.25) is 0 Å². The zero-order chi connectivity index (χ0) is 0. The molecule has 0 aromatic heterocycles. The molecule has 30 valence electrons. The minimum atomic E-state index is 0. The number of rotatable bonds is 0. The molecule has 0 bridgehead atoms. The molecule has 0 saturated heterocycles. The topological polar surface area (TPSA) is 88.5 Å². The molecular formula is H2O3Pt. The van der Waals surface area contributed by atoms with Gasteiger partial charge in [-0.3, -0.25) is 0 Å². The van der Waals surface area contributed by atoms with Crippen LogP contribution in [0.2, 0.25) is 0 Å². The molecule has 0 aromatic carbocycles. The Morgan fingerprint density at radius 1 is 0.750 bits per heavy atom. The third-order valence-electron chi connectivity index (χ3n) is 0. The second-order valence-electron chi connectivity index (χ2n) is 0. The van der Waals surface area contributed by atoms with Crippen LogP contribution in [0.25, 0.3) is 0 Å². The van der Waals surface area contributed by atoms with E-state index in [0.717, 1.165) is 0 Å². The maximum absolute atomic E-state index is 0. The van der Waals surface area contributed by atoms with Gasteiger partial charge in [0.05, 0.1) is 0 Å². The minimum Gasteiger partial charge on any atom is -2.00 e. The van der Waals surface area contributed by atoms with E-state index in [1.165, 1.54) is 0 Å². The van der Waals surface area contributed by atoms with Crippen molar-refractivity contribution in [1.29, 1.82) is 0 Å². The average molecular weight is 245 g/mol. The predicted molar refractivity (Wildman–Crippen MR) is 4.99 cm³/mol. The molecule has 0 heterocycles. The van der Waals surface area contributed by atoms with Crippen LogP contribution in [0.3, 0.4) is 0 Å². The summed E-state index contributed by atoms with van der Waals surface area (Å²) in [6.07, 6.45) is 0. The SMILES string of the molecule is O.[O-2].[O-2].[Pt+4]. The normalized spacial score (nSPS) is 0. The van der Waals surface area contributed by atoms with E-state index in [1.54, 1.807) is 0 Å². The Morgan fingerprint density at radius 3 is 0.750 bits per heavy atom. The number of hydrogen-bond acceptors (Lipinski definition) is 0. The van der Waals surface area contributed by atoms with Crippen LogP contribution >= 0.6 is 0 Å².